The van der Waals surface area contributed by atoms with Gasteiger partial charge >= 0.3 is 5.97 Å². The lowest BCUT2D eigenvalue weighted by molar-refractivity contribution is -0.137. The van der Waals surface area contributed by atoms with Crippen molar-refractivity contribution in [2.24, 2.45) is 0 Å². The van der Waals surface area contributed by atoms with Crippen molar-refractivity contribution in [3.8, 4) is 0 Å². The predicted molar refractivity (Wildman–Crippen MR) is 82.6 cm³/mol. The number of carbonyl (C=O) groups is 2. The standard InChI is InChI=1S/C13H15ClINO3/c1-8(3-2-4-12(17)18)16-13(19)9-5-6-11(15)10(14)7-9/h5-8H,2-4H2,1H3,(H,16,19)(H,17,18). The topological polar surface area (TPSA) is 66.4 Å². The zero-order chi connectivity index (χ0) is 14.4. The van der Waals surface area contributed by atoms with E-state index >= 15 is 0 Å². The molecule has 1 atom stereocenters. The largest absolute Gasteiger partial charge is 0.481 e. The third-order valence-corrected chi connectivity index (χ3v) is 4.16. The minimum Gasteiger partial charge on any atom is -0.481 e. The number of carboxylic acids is 1. The Morgan fingerprint density at radius 2 is 2.16 bits per heavy atom. The zero-order valence-electron chi connectivity index (χ0n) is 10.5. The van der Waals surface area contributed by atoms with Crippen LogP contribution in [-0.2, 0) is 4.79 Å². The van der Waals surface area contributed by atoms with Crippen LogP contribution in [0.4, 0.5) is 0 Å². The Kier molecular flexibility index (Phi) is 6.57. The highest BCUT2D eigenvalue weighted by atomic mass is 127. The molecule has 0 aliphatic heterocycles. The molecule has 2 N–H and O–H groups in total. The Balaban J connectivity index is 2.49. The third kappa shape index (κ3) is 5.78. The summed E-state index contributed by atoms with van der Waals surface area (Å²) in [5.41, 5.74) is 0.510. The minimum atomic E-state index is -0.817. The molecule has 1 amide bonds. The van der Waals surface area contributed by atoms with Crippen LogP contribution in [0.3, 0.4) is 0 Å². The first-order valence-corrected chi connectivity index (χ1v) is 7.33. The molecule has 0 saturated heterocycles. The summed E-state index contributed by atoms with van der Waals surface area (Å²) < 4.78 is 0.894. The number of carboxylic acid groups (broad SMARTS) is 1. The fraction of sp³-hybridized carbons (Fsp3) is 0.385. The minimum absolute atomic E-state index is 0.0649. The second-order valence-corrected chi connectivity index (χ2v) is 5.86. The number of rotatable bonds is 6. The van der Waals surface area contributed by atoms with E-state index in [9.17, 15) is 9.59 Å². The van der Waals surface area contributed by atoms with Crippen molar-refractivity contribution in [1.29, 1.82) is 0 Å². The van der Waals surface area contributed by atoms with Gasteiger partial charge in [-0.1, -0.05) is 11.6 Å². The van der Waals surface area contributed by atoms with Gasteiger partial charge in [0.15, 0.2) is 0 Å². The van der Waals surface area contributed by atoms with E-state index in [4.69, 9.17) is 16.7 Å². The number of aliphatic carboxylic acids is 1. The van der Waals surface area contributed by atoms with Gasteiger partial charge in [-0.3, -0.25) is 9.59 Å². The molecule has 4 nitrogen and oxygen atoms in total. The molecule has 6 heteroatoms. The van der Waals surface area contributed by atoms with Crippen molar-refractivity contribution in [1.82, 2.24) is 5.32 Å². The zero-order valence-corrected chi connectivity index (χ0v) is 13.4. The van der Waals surface area contributed by atoms with Crippen LogP contribution in [0.15, 0.2) is 18.2 Å². The molecule has 0 aliphatic rings. The van der Waals surface area contributed by atoms with Gasteiger partial charge in [0.25, 0.3) is 5.91 Å². The highest BCUT2D eigenvalue weighted by molar-refractivity contribution is 14.1. The van der Waals surface area contributed by atoms with Crippen LogP contribution in [0, 0.1) is 3.57 Å². The Bertz CT molecular complexity index is 479. The molecule has 0 bridgehead atoms. The molecule has 1 unspecified atom stereocenters. The number of nitrogens with one attached hydrogen (secondary N) is 1. The Morgan fingerprint density at radius 3 is 2.74 bits per heavy atom. The van der Waals surface area contributed by atoms with Crippen LogP contribution in [0.2, 0.25) is 5.02 Å². The quantitative estimate of drug-likeness (QED) is 0.726. The molecule has 0 saturated carbocycles. The maximum atomic E-state index is 11.9. The van der Waals surface area contributed by atoms with Gasteiger partial charge in [-0.2, -0.15) is 0 Å². The second-order valence-electron chi connectivity index (χ2n) is 4.29. The van der Waals surface area contributed by atoms with Gasteiger partial charge in [-0.25, -0.2) is 0 Å². The van der Waals surface area contributed by atoms with E-state index in [1.807, 2.05) is 6.92 Å². The number of hydrogen-bond donors (Lipinski definition) is 2. The Labute approximate surface area is 130 Å². The van der Waals surface area contributed by atoms with Crippen molar-refractivity contribution in [2.45, 2.75) is 32.2 Å². The molecule has 1 aromatic carbocycles. The molecular formula is C13H15ClINO3. The summed E-state index contributed by atoms with van der Waals surface area (Å²) in [4.78, 5) is 22.3. The van der Waals surface area contributed by atoms with Crippen LogP contribution in [-0.4, -0.2) is 23.0 Å². The molecular weight excluding hydrogens is 381 g/mol. The van der Waals surface area contributed by atoms with E-state index in [1.165, 1.54) is 0 Å². The highest BCUT2D eigenvalue weighted by Gasteiger charge is 2.11. The van der Waals surface area contributed by atoms with Gasteiger partial charge in [0.1, 0.15) is 0 Å². The van der Waals surface area contributed by atoms with Crippen LogP contribution < -0.4 is 5.32 Å². The lowest BCUT2D eigenvalue weighted by Crippen LogP contribution is -2.32. The van der Waals surface area contributed by atoms with E-state index < -0.39 is 5.97 Å². The average molecular weight is 396 g/mol. The smallest absolute Gasteiger partial charge is 0.303 e. The molecule has 0 heterocycles. The van der Waals surface area contributed by atoms with Crippen LogP contribution >= 0.6 is 34.2 Å². The number of carbonyl (C=O) groups excluding carboxylic acids is 1. The van der Waals surface area contributed by atoms with Crippen LogP contribution in [0.25, 0.3) is 0 Å². The monoisotopic (exact) mass is 395 g/mol. The number of benzene rings is 1. The van der Waals surface area contributed by atoms with Gasteiger partial charge in [0.05, 0.1) is 5.02 Å². The first kappa shape index (κ1) is 16.2. The summed E-state index contributed by atoms with van der Waals surface area (Å²) in [6, 6.07) is 5.06. The van der Waals surface area contributed by atoms with Crippen LogP contribution in [0.1, 0.15) is 36.5 Å². The van der Waals surface area contributed by atoms with Gasteiger partial charge in [0, 0.05) is 21.6 Å². The van der Waals surface area contributed by atoms with Crippen molar-refractivity contribution in [3.05, 3.63) is 32.4 Å². The maximum Gasteiger partial charge on any atom is 0.303 e. The predicted octanol–water partition coefficient (Wildman–Crippen LogP) is 3.32. The number of hydrogen-bond acceptors (Lipinski definition) is 2. The number of halogens is 2. The summed E-state index contributed by atoms with van der Waals surface area (Å²) >= 11 is 8.06. The first-order chi connectivity index (χ1) is 8.90. The molecule has 0 fully saturated rings. The van der Waals surface area contributed by atoms with E-state index in [1.54, 1.807) is 18.2 Å². The van der Waals surface area contributed by atoms with E-state index in [0.717, 1.165) is 3.57 Å². The molecule has 0 aliphatic carbocycles. The van der Waals surface area contributed by atoms with E-state index in [2.05, 4.69) is 27.9 Å². The van der Waals surface area contributed by atoms with Crippen molar-refractivity contribution in [3.63, 3.8) is 0 Å². The summed E-state index contributed by atoms with van der Waals surface area (Å²) in [6.07, 6.45) is 1.30. The second kappa shape index (κ2) is 7.69. The third-order valence-electron chi connectivity index (χ3n) is 2.59. The van der Waals surface area contributed by atoms with Gasteiger partial charge in [-0.05, 0) is 60.6 Å². The van der Waals surface area contributed by atoms with Crippen molar-refractivity contribution >= 4 is 46.1 Å². The van der Waals surface area contributed by atoms with Crippen molar-refractivity contribution < 1.29 is 14.7 Å². The lowest BCUT2D eigenvalue weighted by Gasteiger charge is -2.13. The Morgan fingerprint density at radius 1 is 1.47 bits per heavy atom. The first-order valence-electron chi connectivity index (χ1n) is 5.88. The molecule has 1 aromatic rings. The Hall–Kier alpha value is -0.820. The SMILES string of the molecule is CC(CCCC(=O)O)NC(=O)c1ccc(I)c(Cl)c1. The molecule has 1 rings (SSSR count). The van der Waals surface area contributed by atoms with E-state index in [-0.39, 0.29) is 18.4 Å². The summed E-state index contributed by atoms with van der Waals surface area (Å²) in [7, 11) is 0. The summed E-state index contributed by atoms with van der Waals surface area (Å²) in [6.45, 7) is 1.86. The van der Waals surface area contributed by atoms with Gasteiger partial charge < -0.3 is 10.4 Å². The van der Waals surface area contributed by atoms with Crippen LogP contribution in [0.5, 0.6) is 0 Å². The summed E-state index contributed by atoms with van der Waals surface area (Å²) in [5.74, 6) is -1.01. The molecule has 104 valence electrons. The fourth-order valence-electron chi connectivity index (χ4n) is 1.58. The molecule has 0 aromatic heterocycles. The maximum absolute atomic E-state index is 11.9. The molecule has 0 spiro atoms. The lowest BCUT2D eigenvalue weighted by atomic mass is 10.1. The van der Waals surface area contributed by atoms with E-state index in [0.29, 0.717) is 23.4 Å². The fourth-order valence-corrected chi connectivity index (χ4v) is 2.09. The average Bonchev–Trinajstić information content (AvgIpc) is 2.32. The van der Waals surface area contributed by atoms with Gasteiger partial charge in [-0.15, -0.1) is 0 Å². The molecule has 0 radical (unpaired) electrons. The normalized spacial score (nSPS) is 11.9. The molecule has 19 heavy (non-hydrogen) atoms. The summed E-state index contributed by atoms with van der Waals surface area (Å²) in [5, 5.41) is 11.9. The number of amides is 1. The van der Waals surface area contributed by atoms with Gasteiger partial charge in [0.2, 0.25) is 0 Å². The highest BCUT2D eigenvalue weighted by Crippen LogP contribution is 2.19. The van der Waals surface area contributed by atoms with Crippen molar-refractivity contribution in [2.75, 3.05) is 0 Å².